The van der Waals surface area contributed by atoms with Crippen LogP contribution >= 0.6 is 0 Å². The summed E-state index contributed by atoms with van der Waals surface area (Å²) in [6.07, 6.45) is 6.29. The van der Waals surface area contributed by atoms with Crippen molar-refractivity contribution in [3.05, 3.63) is 77.9 Å². The van der Waals surface area contributed by atoms with E-state index in [1.807, 2.05) is 30.3 Å². The van der Waals surface area contributed by atoms with E-state index in [1.165, 1.54) is 5.56 Å². The Balaban J connectivity index is 1.63. The van der Waals surface area contributed by atoms with Crippen LogP contribution in [0.4, 0.5) is 0 Å². The molecule has 1 aliphatic carbocycles. The number of aromatic nitrogens is 5. The fraction of sp³-hybridized carbons (Fsp3) is 0.150. The number of ketones is 1. The quantitative estimate of drug-likeness (QED) is 0.560. The zero-order chi connectivity index (χ0) is 17.5. The van der Waals surface area contributed by atoms with Crippen molar-refractivity contribution in [2.75, 3.05) is 0 Å². The lowest BCUT2D eigenvalue weighted by Gasteiger charge is -2.23. The average molecular weight is 341 g/mol. The van der Waals surface area contributed by atoms with Crippen LogP contribution in [-0.4, -0.2) is 30.3 Å². The molecule has 26 heavy (non-hydrogen) atoms. The van der Waals surface area contributed by atoms with E-state index in [0.29, 0.717) is 23.6 Å². The lowest BCUT2D eigenvalue weighted by molar-refractivity contribution is 0.0962. The van der Waals surface area contributed by atoms with Gasteiger partial charge in [0.15, 0.2) is 11.6 Å². The lowest BCUT2D eigenvalue weighted by atomic mass is 9.82. The Morgan fingerprint density at radius 2 is 1.81 bits per heavy atom. The molecule has 0 spiro atoms. The highest BCUT2D eigenvalue weighted by Gasteiger charge is 2.29. The number of pyridine rings is 1. The first-order valence-corrected chi connectivity index (χ1v) is 8.53. The summed E-state index contributed by atoms with van der Waals surface area (Å²) < 4.78 is 1.72. The van der Waals surface area contributed by atoms with E-state index in [-0.39, 0.29) is 11.7 Å². The van der Waals surface area contributed by atoms with Gasteiger partial charge in [-0.1, -0.05) is 30.3 Å². The van der Waals surface area contributed by atoms with Crippen LogP contribution in [0, 0.1) is 0 Å². The Labute approximate surface area is 149 Å². The van der Waals surface area contributed by atoms with Crippen LogP contribution in [0.25, 0.3) is 17.2 Å². The van der Waals surface area contributed by atoms with Crippen LogP contribution in [0.2, 0.25) is 0 Å². The SMILES string of the molecule is O=C1CC(c2ccccc2)Cc2c1cnc1nc(-c3ccncc3)nn21. The first-order chi connectivity index (χ1) is 12.8. The average Bonchev–Trinajstić information content (AvgIpc) is 3.14. The van der Waals surface area contributed by atoms with Crippen LogP contribution in [0.5, 0.6) is 0 Å². The zero-order valence-electron chi connectivity index (χ0n) is 13.9. The van der Waals surface area contributed by atoms with Gasteiger partial charge in [0.05, 0.1) is 11.3 Å². The van der Waals surface area contributed by atoms with Gasteiger partial charge in [0.1, 0.15) is 0 Å². The number of hydrogen-bond donors (Lipinski definition) is 0. The van der Waals surface area contributed by atoms with Crippen LogP contribution < -0.4 is 0 Å². The van der Waals surface area contributed by atoms with Crippen LogP contribution in [0.1, 0.15) is 34.0 Å². The second-order valence-electron chi connectivity index (χ2n) is 6.44. The number of benzene rings is 1. The molecule has 0 fully saturated rings. The fourth-order valence-electron chi connectivity index (χ4n) is 3.53. The first kappa shape index (κ1) is 14.9. The van der Waals surface area contributed by atoms with Gasteiger partial charge in [0, 0.05) is 30.6 Å². The van der Waals surface area contributed by atoms with Crippen molar-refractivity contribution in [3.8, 4) is 11.4 Å². The van der Waals surface area contributed by atoms with Gasteiger partial charge in [-0.3, -0.25) is 9.78 Å². The highest BCUT2D eigenvalue weighted by atomic mass is 16.1. The minimum atomic E-state index is 0.107. The minimum absolute atomic E-state index is 0.107. The molecule has 1 aromatic carbocycles. The molecular formula is C20H15N5O. The lowest BCUT2D eigenvalue weighted by Crippen LogP contribution is -2.22. The molecule has 6 nitrogen and oxygen atoms in total. The van der Waals surface area contributed by atoms with Gasteiger partial charge in [-0.25, -0.2) is 4.98 Å². The second kappa shape index (κ2) is 5.84. The Bertz CT molecular complexity index is 1110. The predicted molar refractivity (Wildman–Crippen MR) is 95.8 cm³/mol. The molecular weight excluding hydrogens is 326 g/mol. The summed E-state index contributed by atoms with van der Waals surface area (Å²) in [4.78, 5) is 25.6. The summed E-state index contributed by atoms with van der Waals surface area (Å²) in [5, 5.41) is 4.62. The maximum atomic E-state index is 12.7. The molecule has 0 bridgehead atoms. The Kier molecular flexibility index (Phi) is 3.35. The molecule has 6 heteroatoms. The van der Waals surface area contributed by atoms with E-state index in [0.717, 1.165) is 17.7 Å². The number of Topliss-reactive ketones (excluding diaryl/α,β-unsaturated/α-hetero) is 1. The highest BCUT2D eigenvalue weighted by Crippen LogP contribution is 2.32. The Morgan fingerprint density at radius 1 is 1.00 bits per heavy atom. The molecule has 5 rings (SSSR count). The molecule has 3 aromatic heterocycles. The Hall–Kier alpha value is -3.41. The van der Waals surface area contributed by atoms with Gasteiger partial charge in [0.2, 0.25) is 0 Å². The van der Waals surface area contributed by atoms with Crippen molar-refractivity contribution < 1.29 is 4.79 Å². The second-order valence-corrected chi connectivity index (χ2v) is 6.44. The number of carbonyl (C=O) groups excluding carboxylic acids is 1. The maximum absolute atomic E-state index is 12.7. The predicted octanol–water partition coefficient (Wildman–Crippen LogP) is 3.10. The summed E-state index contributed by atoms with van der Waals surface area (Å²) in [7, 11) is 0. The van der Waals surface area contributed by atoms with E-state index in [4.69, 9.17) is 0 Å². The van der Waals surface area contributed by atoms with E-state index in [1.54, 1.807) is 23.1 Å². The van der Waals surface area contributed by atoms with Crippen molar-refractivity contribution in [3.63, 3.8) is 0 Å². The van der Waals surface area contributed by atoms with Gasteiger partial charge in [-0.05, 0) is 30.0 Å². The molecule has 1 unspecified atom stereocenters. The van der Waals surface area contributed by atoms with Gasteiger partial charge >= 0.3 is 0 Å². The third kappa shape index (κ3) is 2.38. The molecule has 0 saturated heterocycles. The van der Waals surface area contributed by atoms with Crippen molar-refractivity contribution in [2.45, 2.75) is 18.8 Å². The molecule has 0 aliphatic heterocycles. The summed E-state index contributed by atoms with van der Waals surface area (Å²) in [5.41, 5.74) is 3.58. The van der Waals surface area contributed by atoms with Crippen LogP contribution in [0.3, 0.4) is 0 Å². The number of carbonyl (C=O) groups is 1. The van der Waals surface area contributed by atoms with Gasteiger partial charge in [-0.2, -0.15) is 9.50 Å². The van der Waals surface area contributed by atoms with Crippen molar-refractivity contribution in [2.24, 2.45) is 0 Å². The standard InChI is InChI=1S/C20H15N5O/c26-18-11-15(13-4-2-1-3-5-13)10-17-16(18)12-22-20-23-19(24-25(17)20)14-6-8-21-9-7-14/h1-9,12,15H,10-11H2. The van der Waals surface area contributed by atoms with E-state index in [9.17, 15) is 4.79 Å². The number of nitrogens with zero attached hydrogens (tertiary/aromatic N) is 5. The van der Waals surface area contributed by atoms with Crippen molar-refractivity contribution in [1.82, 2.24) is 24.6 Å². The smallest absolute Gasteiger partial charge is 0.252 e. The molecule has 1 atom stereocenters. The molecule has 126 valence electrons. The molecule has 0 N–H and O–H groups in total. The first-order valence-electron chi connectivity index (χ1n) is 8.53. The summed E-state index contributed by atoms with van der Waals surface area (Å²) in [6.45, 7) is 0. The normalized spacial score (nSPS) is 16.6. The third-order valence-corrected chi connectivity index (χ3v) is 4.85. The molecule has 3 heterocycles. The summed E-state index contributed by atoms with van der Waals surface area (Å²) >= 11 is 0. The van der Waals surface area contributed by atoms with Crippen LogP contribution in [0.15, 0.2) is 61.1 Å². The third-order valence-electron chi connectivity index (χ3n) is 4.85. The summed E-state index contributed by atoms with van der Waals surface area (Å²) in [5.74, 6) is 1.35. The van der Waals surface area contributed by atoms with Crippen molar-refractivity contribution in [1.29, 1.82) is 0 Å². The van der Waals surface area contributed by atoms with E-state index >= 15 is 0 Å². The van der Waals surface area contributed by atoms with E-state index in [2.05, 4.69) is 32.2 Å². The van der Waals surface area contributed by atoms with Crippen LogP contribution in [-0.2, 0) is 6.42 Å². The topological polar surface area (TPSA) is 73.0 Å². The molecule has 1 aliphatic rings. The molecule has 0 amide bonds. The zero-order valence-corrected chi connectivity index (χ0v) is 13.9. The summed E-state index contributed by atoms with van der Waals surface area (Å²) in [6, 6.07) is 13.9. The largest absolute Gasteiger partial charge is 0.294 e. The fourth-order valence-corrected chi connectivity index (χ4v) is 3.53. The maximum Gasteiger partial charge on any atom is 0.252 e. The van der Waals surface area contributed by atoms with E-state index < -0.39 is 0 Å². The number of rotatable bonds is 2. The monoisotopic (exact) mass is 341 g/mol. The molecule has 0 radical (unpaired) electrons. The highest BCUT2D eigenvalue weighted by molar-refractivity contribution is 5.98. The molecule has 0 saturated carbocycles. The van der Waals surface area contributed by atoms with Gasteiger partial charge in [0.25, 0.3) is 5.78 Å². The van der Waals surface area contributed by atoms with Crippen molar-refractivity contribution >= 4 is 11.6 Å². The number of fused-ring (bicyclic) bond motifs is 3. The minimum Gasteiger partial charge on any atom is -0.294 e. The number of hydrogen-bond acceptors (Lipinski definition) is 5. The Morgan fingerprint density at radius 3 is 2.62 bits per heavy atom. The van der Waals surface area contributed by atoms with Gasteiger partial charge in [-0.15, -0.1) is 5.10 Å². The van der Waals surface area contributed by atoms with Gasteiger partial charge < -0.3 is 0 Å². The molecule has 4 aromatic rings.